The van der Waals surface area contributed by atoms with Gasteiger partial charge in [0.05, 0.1) is 22.7 Å². The van der Waals surface area contributed by atoms with Gasteiger partial charge in [-0.05, 0) is 144 Å². The third-order valence-corrected chi connectivity index (χ3v) is 11.9. The summed E-state index contributed by atoms with van der Waals surface area (Å²) in [5.74, 6) is 5.92. The van der Waals surface area contributed by atoms with Crippen LogP contribution in [0.1, 0.15) is 103 Å². The average Bonchev–Trinajstić information content (AvgIpc) is 3.47. The van der Waals surface area contributed by atoms with Crippen molar-refractivity contribution in [1.29, 1.82) is 0 Å². The van der Waals surface area contributed by atoms with E-state index in [1.165, 1.54) is 44.9 Å². The summed E-state index contributed by atoms with van der Waals surface area (Å²) in [5, 5.41) is 19.6. The minimum absolute atomic E-state index is 0.367. The second kappa shape index (κ2) is 9.94. The SMILES string of the molecule is CCC[C@@]1(O)CC[C@H]2[C@H](CC[C@H]3C4CCC([C@@H](C)Nc5ccc(-n6ccc(C)n6)nc5C)[C@@]4(C)CC[C@H]23)C1. The molecule has 9 atom stereocenters. The van der Waals surface area contributed by atoms with Gasteiger partial charge in [0, 0.05) is 12.2 Å². The van der Waals surface area contributed by atoms with Crippen molar-refractivity contribution in [1.82, 2.24) is 14.8 Å². The summed E-state index contributed by atoms with van der Waals surface area (Å²) in [6, 6.07) is 6.74. The molecule has 0 spiro atoms. The van der Waals surface area contributed by atoms with Gasteiger partial charge >= 0.3 is 0 Å². The van der Waals surface area contributed by atoms with Crippen LogP contribution in [0.15, 0.2) is 24.4 Å². The lowest BCUT2D eigenvalue weighted by atomic mass is 9.48. The van der Waals surface area contributed by atoms with Crippen molar-refractivity contribution in [2.45, 2.75) is 117 Å². The summed E-state index contributed by atoms with van der Waals surface area (Å²) < 4.78 is 1.86. The first-order valence-corrected chi connectivity index (χ1v) is 15.7. The molecule has 5 heteroatoms. The Balaban J connectivity index is 1.13. The highest BCUT2D eigenvalue weighted by Gasteiger charge is 2.58. The van der Waals surface area contributed by atoms with Gasteiger partial charge in [0.15, 0.2) is 5.82 Å². The number of aryl methyl sites for hydroxylation is 2. The quantitative estimate of drug-likeness (QED) is 0.416. The largest absolute Gasteiger partial charge is 0.390 e. The molecule has 0 bridgehead atoms. The molecule has 0 aliphatic heterocycles. The van der Waals surface area contributed by atoms with E-state index >= 15 is 0 Å². The number of anilines is 1. The number of hydrogen-bond donors (Lipinski definition) is 2. The predicted molar refractivity (Wildman–Crippen MR) is 154 cm³/mol. The van der Waals surface area contributed by atoms with Crippen LogP contribution in [0, 0.1) is 54.8 Å². The minimum atomic E-state index is -0.367. The fraction of sp³-hybridized carbons (Fsp3) is 0.758. The van der Waals surface area contributed by atoms with Crippen molar-refractivity contribution in [2.75, 3.05) is 5.32 Å². The van der Waals surface area contributed by atoms with Gasteiger partial charge < -0.3 is 10.4 Å². The molecule has 4 aliphatic rings. The van der Waals surface area contributed by atoms with Crippen LogP contribution in [0.25, 0.3) is 5.82 Å². The summed E-state index contributed by atoms with van der Waals surface area (Å²) in [6.45, 7) is 11.4. The normalized spacial score (nSPS) is 39.2. The number of hydrogen-bond acceptors (Lipinski definition) is 4. The van der Waals surface area contributed by atoms with Crippen LogP contribution in [0.4, 0.5) is 5.69 Å². The number of pyridine rings is 1. The molecule has 4 fully saturated rings. The molecule has 2 heterocycles. The summed E-state index contributed by atoms with van der Waals surface area (Å²) in [7, 11) is 0. The lowest BCUT2D eigenvalue weighted by molar-refractivity contribution is -0.108. The van der Waals surface area contributed by atoms with Crippen LogP contribution in [0.2, 0.25) is 0 Å². The lowest BCUT2D eigenvalue weighted by Crippen LogP contribution is -2.52. The highest BCUT2D eigenvalue weighted by Crippen LogP contribution is 2.65. The molecule has 2 N–H and O–H groups in total. The van der Waals surface area contributed by atoms with Gasteiger partial charge in [0.25, 0.3) is 0 Å². The molecule has 2 aromatic heterocycles. The third kappa shape index (κ3) is 4.51. The Morgan fingerprint density at radius 3 is 2.58 bits per heavy atom. The van der Waals surface area contributed by atoms with Crippen LogP contribution < -0.4 is 5.32 Å². The molecule has 0 radical (unpaired) electrons. The van der Waals surface area contributed by atoms with Crippen molar-refractivity contribution < 1.29 is 5.11 Å². The first-order chi connectivity index (χ1) is 18.2. The van der Waals surface area contributed by atoms with Gasteiger partial charge in [-0.3, -0.25) is 0 Å². The standard InChI is InChI=1S/C33H50N4O/c1-6-16-33(38)18-14-25-24(20-33)7-8-27-26(25)13-17-32(5)28(9-10-29(27)32)22(3)34-30-11-12-31(35-23(30)4)37-19-15-21(2)36-37/h11-12,15,19,22,24-29,34,38H,6-10,13-14,16-18,20H2,1-5H3/t22-,24-,25+,26-,27-,28?,29?,32-,33-/m1/s1. The van der Waals surface area contributed by atoms with E-state index in [2.05, 4.69) is 50.2 Å². The maximum absolute atomic E-state index is 11.2. The molecule has 2 aromatic rings. The number of rotatable bonds is 6. The molecule has 2 unspecified atom stereocenters. The van der Waals surface area contributed by atoms with Crippen LogP contribution in [0.5, 0.6) is 0 Å². The van der Waals surface area contributed by atoms with Gasteiger partial charge in [0.2, 0.25) is 0 Å². The van der Waals surface area contributed by atoms with Crippen LogP contribution in [0.3, 0.4) is 0 Å². The molecule has 4 aliphatic carbocycles. The molecule has 4 saturated carbocycles. The average molecular weight is 519 g/mol. The topological polar surface area (TPSA) is 63.0 Å². The van der Waals surface area contributed by atoms with E-state index in [0.717, 1.165) is 78.2 Å². The Hall–Kier alpha value is -1.88. The van der Waals surface area contributed by atoms with E-state index in [9.17, 15) is 5.11 Å². The lowest BCUT2D eigenvalue weighted by Gasteiger charge is -2.57. The van der Waals surface area contributed by atoms with Crippen molar-refractivity contribution in [3.63, 3.8) is 0 Å². The number of aliphatic hydroxyl groups is 1. The highest BCUT2D eigenvalue weighted by atomic mass is 16.3. The first kappa shape index (κ1) is 26.3. The van der Waals surface area contributed by atoms with Crippen LogP contribution >= 0.6 is 0 Å². The number of nitrogens with zero attached hydrogens (tertiary/aromatic N) is 3. The van der Waals surface area contributed by atoms with E-state index in [-0.39, 0.29) is 5.60 Å². The molecule has 0 aromatic carbocycles. The van der Waals surface area contributed by atoms with E-state index in [1.54, 1.807) is 0 Å². The van der Waals surface area contributed by atoms with Crippen molar-refractivity contribution in [3.05, 3.63) is 35.8 Å². The van der Waals surface area contributed by atoms with E-state index < -0.39 is 0 Å². The van der Waals surface area contributed by atoms with Crippen LogP contribution in [-0.4, -0.2) is 31.5 Å². The van der Waals surface area contributed by atoms with Crippen molar-refractivity contribution in [2.24, 2.45) is 40.9 Å². The molecular formula is C33H50N4O. The number of fused-ring (bicyclic) bond motifs is 5. The van der Waals surface area contributed by atoms with Crippen molar-refractivity contribution in [3.8, 4) is 5.82 Å². The van der Waals surface area contributed by atoms with Gasteiger partial charge in [-0.25, -0.2) is 9.67 Å². The monoisotopic (exact) mass is 518 g/mol. The highest BCUT2D eigenvalue weighted by molar-refractivity contribution is 5.50. The Bertz CT molecular complexity index is 1140. The molecular weight excluding hydrogens is 468 g/mol. The maximum Gasteiger partial charge on any atom is 0.153 e. The van der Waals surface area contributed by atoms with Gasteiger partial charge in [-0.2, -0.15) is 5.10 Å². The summed E-state index contributed by atoms with van der Waals surface area (Å²) in [6.07, 6.45) is 15.8. The van der Waals surface area contributed by atoms with Crippen molar-refractivity contribution >= 4 is 5.69 Å². The Labute approximate surface area is 230 Å². The van der Waals surface area contributed by atoms with Gasteiger partial charge in [-0.1, -0.05) is 20.3 Å². The third-order valence-electron chi connectivity index (χ3n) is 11.9. The van der Waals surface area contributed by atoms with E-state index in [1.807, 2.05) is 23.9 Å². The zero-order chi connectivity index (χ0) is 26.7. The molecule has 0 amide bonds. The zero-order valence-corrected chi connectivity index (χ0v) is 24.4. The van der Waals surface area contributed by atoms with Crippen LogP contribution in [-0.2, 0) is 0 Å². The molecule has 0 saturated heterocycles. The van der Waals surface area contributed by atoms with Gasteiger partial charge in [0.1, 0.15) is 0 Å². The predicted octanol–water partition coefficient (Wildman–Crippen LogP) is 7.48. The zero-order valence-electron chi connectivity index (χ0n) is 24.4. The Morgan fingerprint density at radius 1 is 1.03 bits per heavy atom. The fourth-order valence-electron chi connectivity index (χ4n) is 10.2. The van der Waals surface area contributed by atoms with Gasteiger partial charge in [-0.15, -0.1) is 0 Å². The summed E-state index contributed by atoms with van der Waals surface area (Å²) in [5.41, 5.74) is 3.28. The maximum atomic E-state index is 11.2. The molecule has 5 nitrogen and oxygen atoms in total. The molecule has 6 rings (SSSR count). The molecule has 208 valence electrons. The fourth-order valence-corrected chi connectivity index (χ4v) is 10.2. The smallest absolute Gasteiger partial charge is 0.153 e. The molecule has 38 heavy (non-hydrogen) atoms. The minimum Gasteiger partial charge on any atom is -0.390 e. The number of nitrogens with one attached hydrogen (secondary N) is 1. The summed E-state index contributed by atoms with van der Waals surface area (Å²) >= 11 is 0. The second-order valence-corrected chi connectivity index (χ2v) is 14.0. The Morgan fingerprint density at radius 2 is 1.84 bits per heavy atom. The summed E-state index contributed by atoms with van der Waals surface area (Å²) in [4.78, 5) is 4.87. The van der Waals surface area contributed by atoms with E-state index in [0.29, 0.717) is 17.4 Å². The Kier molecular flexibility index (Phi) is 6.90. The second-order valence-electron chi connectivity index (χ2n) is 14.0. The van der Waals surface area contributed by atoms with E-state index in [4.69, 9.17) is 4.98 Å². The first-order valence-electron chi connectivity index (χ1n) is 15.7. The number of aromatic nitrogens is 3.